The highest BCUT2D eigenvalue weighted by Crippen LogP contribution is 2.35. The fraction of sp³-hybridized carbons (Fsp3) is 0.833. The molecule has 0 aliphatic rings. The van der Waals surface area contributed by atoms with Crippen LogP contribution in [0.25, 0.3) is 0 Å². The Balaban J connectivity index is 4.58. The first kappa shape index (κ1) is 20.1. The van der Waals surface area contributed by atoms with Gasteiger partial charge in [0, 0.05) is 12.1 Å². The predicted octanol–water partition coefficient (Wildman–Crippen LogP) is 3.16. The minimum Gasteiger partial charge on any atom is -0.351 e. The summed E-state index contributed by atoms with van der Waals surface area (Å²) in [4.78, 5) is 23.6. The van der Waals surface area contributed by atoms with Gasteiger partial charge in [0.1, 0.15) is 0 Å². The van der Waals surface area contributed by atoms with Crippen LogP contribution in [0.3, 0.4) is 0 Å². The minimum atomic E-state index is -1.68. The number of hydrogen-bond donors (Lipinski definition) is 2. The van der Waals surface area contributed by atoms with Crippen molar-refractivity contribution in [1.29, 1.82) is 0 Å². The van der Waals surface area contributed by atoms with Crippen LogP contribution in [0, 0.1) is 0 Å². The molecule has 4 nitrogen and oxygen atoms in total. The molecule has 0 rings (SSSR count). The summed E-state index contributed by atoms with van der Waals surface area (Å²) in [5, 5.41) is 5.18. The third-order valence-corrected chi connectivity index (χ3v) is 3.70. The van der Waals surface area contributed by atoms with Crippen molar-refractivity contribution in [3.8, 4) is 0 Å². The van der Waals surface area contributed by atoms with E-state index in [0.717, 1.165) is 0 Å². The average molecular weight is 366 g/mol. The monoisotopic (exact) mass is 364 g/mol. The topological polar surface area (TPSA) is 58.2 Å². The molecule has 0 unspecified atom stereocenters. The summed E-state index contributed by atoms with van der Waals surface area (Å²) in [6.45, 7) is 7.13. The highest BCUT2D eigenvalue weighted by Gasteiger charge is 2.40. The van der Waals surface area contributed by atoms with E-state index in [0.29, 0.717) is 0 Å². The van der Waals surface area contributed by atoms with Gasteiger partial charge in [-0.15, -0.1) is 0 Å². The van der Waals surface area contributed by atoms with Crippen molar-refractivity contribution >= 4 is 58.2 Å². The molecule has 0 aromatic carbocycles. The lowest BCUT2D eigenvalue weighted by Crippen LogP contribution is -2.45. The molecule has 20 heavy (non-hydrogen) atoms. The zero-order valence-electron chi connectivity index (χ0n) is 11.9. The molecule has 0 aliphatic heterocycles. The Bertz CT molecular complexity index is 323. The van der Waals surface area contributed by atoms with Gasteiger partial charge in [-0.3, -0.25) is 9.59 Å². The Kier molecular flexibility index (Phi) is 7.96. The first-order valence-corrected chi connectivity index (χ1v) is 7.77. The maximum absolute atomic E-state index is 11.8. The molecule has 0 heterocycles. The van der Waals surface area contributed by atoms with Gasteiger partial charge in [0.05, 0.1) is 0 Å². The van der Waals surface area contributed by atoms with Crippen LogP contribution in [-0.4, -0.2) is 32.6 Å². The molecule has 0 bridgehead atoms. The van der Waals surface area contributed by atoms with Gasteiger partial charge in [0.15, 0.2) is 8.67 Å². The fourth-order valence-corrected chi connectivity index (χ4v) is 1.87. The summed E-state index contributed by atoms with van der Waals surface area (Å²) < 4.78 is -3.37. The van der Waals surface area contributed by atoms with Gasteiger partial charge in [0.25, 0.3) is 11.8 Å². The summed E-state index contributed by atoms with van der Waals surface area (Å²) in [6.07, 6.45) is -0.0969. The van der Waals surface area contributed by atoms with Crippen LogP contribution in [0.5, 0.6) is 0 Å². The lowest BCUT2D eigenvalue weighted by Gasteiger charge is -2.25. The molecule has 0 saturated heterocycles. The Morgan fingerprint density at radius 3 is 1.25 bits per heavy atom. The van der Waals surface area contributed by atoms with Crippen molar-refractivity contribution in [2.24, 2.45) is 0 Å². The second-order valence-corrected chi connectivity index (χ2v) is 8.13. The van der Waals surface area contributed by atoms with Gasteiger partial charge in [-0.05, 0) is 40.5 Å². The molecule has 0 aliphatic carbocycles. The number of nitrogens with one attached hydrogen (secondary N) is 2. The number of amides is 2. The van der Waals surface area contributed by atoms with Crippen molar-refractivity contribution in [3.05, 3.63) is 0 Å². The van der Waals surface area contributed by atoms with Crippen LogP contribution in [0.15, 0.2) is 0 Å². The molecule has 0 saturated carbocycles. The summed E-state index contributed by atoms with van der Waals surface area (Å²) >= 11 is 23.8. The van der Waals surface area contributed by atoms with Crippen LogP contribution >= 0.6 is 46.4 Å². The second kappa shape index (κ2) is 7.92. The molecular weight excluding hydrogens is 346 g/mol. The second-order valence-electron chi connectivity index (χ2n) is 5.17. The minimum absolute atomic E-state index is 0.0484. The van der Waals surface area contributed by atoms with Crippen LogP contribution < -0.4 is 10.6 Å². The lowest BCUT2D eigenvalue weighted by molar-refractivity contribution is -0.124. The lowest BCUT2D eigenvalue weighted by atomic mass is 10.1. The number of carbonyl (C=O) groups is 2. The van der Waals surface area contributed by atoms with Gasteiger partial charge in [-0.2, -0.15) is 0 Å². The van der Waals surface area contributed by atoms with Crippen LogP contribution in [0.2, 0.25) is 0 Å². The maximum atomic E-state index is 11.8. The van der Waals surface area contributed by atoms with Gasteiger partial charge in [0.2, 0.25) is 0 Å². The number of carbonyl (C=O) groups excluding carboxylic acids is 2. The number of hydrogen-bond acceptors (Lipinski definition) is 2. The smallest absolute Gasteiger partial charge is 0.256 e. The standard InChI is InChI=1S/C12H20Cl4N2O2/c1-7(2)17-9(19)11(13,14)5-6-12(15,16)10(20)18-8(3)4/h7-8H,5-6H2,1-4H3,(H,17,19)(H,18,20). The van der Waals surface area contributed by atoms with E-state index in [2.05, 4.69) is 10.6 Å². The molecule has 0 aromatic heterocycles. The van der Waals surface area contributed by atoms with E-state index in [1.165, 1.54) is 0 Å². The molecule has 118 valence electrons. The van der Waals surface area contributed by atoms with Crippen LogP contribution in [0.4, 0.5) is 0 Å². The predicted molar refractivity (Wildman–Crippen MR) is 84.7 cm³/mol. The molecule has 2 N–H and O–H groups in total. The van der Waals surface area contributed by atoms with E-state index in [1.807, 2.05) is 0 Å². The molecule has 0 radical (unpaired) electrons. The SMILES string of the molecule is CC(C)NC(=O)C(Cl)(Cl)CCC(Cl)(Cl)C(=O)NC(C)C. The van der Waals surface area contributed by atoms with Gasteiger partial charge < -0.3 is 10.6 Å². The Morgan fingerprint density at radius 2 is 1.05 bits per heavy atom. The number of rotatable bonds is 7. The average Bonchev–Trinajstić information content (AvgIpc) is 2.24. The van der Waals surface area contributed by atoms with Crippen LogP contribution in [-0.2, 0) is 9.59 Å². The van der Waals surface area contributed by atoms with Crippen molar-refractivity contribution in [2.45, 2.75) is 61.3 Å². The van der Waals surface area contributed by atoms with E-state index in [9.17, 15) is 9.59 Å². The highest BCUT2D eigenvalue weighted by atomic mass is 35.5. The van der Waals surface area contributed by atoms with Gasteiger partial charge in [-0.1, -0.05) is 46.4 Å². The van der Waals surface area contributed by atoms with Crippen molar-refractivity contribution in [2.75, 3.05) is 0 Å². The quantitative estimate of drug-likeness (QED) is 0.680. The summed E-state index contributed by atoms with van der Waals surface area (Å²) in [5.74, 6) is -1.08. The zero-order valence-corrected chi connectivity index (χ0v) is 14.9. The van der Waals surface area contributed by atoms with Gasteiger partial charge in [-0.25, -0.2) is 0 Å². The fourth-order valence-electron chi connectivity index (χ4n) is 1.28. The summed E-state index contributed by atoms with van der Waals surface area (Å²) in [6, 6.07) is -0.194. The van der Waals surface area contributed by atoms with E-state index in [-0.39, 0.29) is 24.9 Å². The number of alkyl halides is 4. The first-order valence-electron chi connectivity index (χ1n) is 6.26. The third kappa shape index (κ3) is 7.21. The molecule has 0 aromatic rings. The van der Waals surface area contributed by atoms with Crippen molar-refractivity contribution in [3.63, 3.8) is 0 Å². The molecule has 8 heteroatoms. The highest BCUT2D eigenvalue weighted by molar-refractivity contribution is 6.59. The van der Waals surface area contributed by atoms with E-state index in [4.69, 9.17) is 46.4 Å². The number of halogens is 4. The Morgan fingerprint density at radius 1 is 0.800 bits per heavy atom. The molecular formula is C12H20Cl4N2O2. The Hall–Kier alpha value is 0.1000. The molecule has 0 spiro atoms. The largest absolute Gasteiger partial charge is 0.351 e. The van der Waals surface area contributed by atoms with Crippen molar-refractivity contribution < 1.29 is 9.59 Å². The normalized spacial score (nSPS) is 12.7. The summed E-state index contributed by atoms with van der Waals surface area (Å²) in [7, 11) is 0. The van der Waals surface area contributed by atoms with Crippen molar-refractivity contribution in [1.82, 2.24) is 10.6 Å². The molecule has 0 fully saturated rings. The van der Waals surface area contributed by atoms with E-state index in [1.54, 1.807) is 27.7 Å². The van der Waals surface area contributed by atoms with E-state index >= 15 is 0 Å². The Labute approximate surface area is 139 Å². The van der Waals surface area contributed by atoms with Crippen LogP contribution in [0.1, 0.15) is 40.5 Å². The molecule has 2 amide bonds. The summed E-state index contributed by atoms with van der Waals surface area (Å²) in [5.41, 5.74) is 0. The maximum Gasteiger partial charge on any atom is 0.256 e. The van der Waals surface area contributed by atoms with Gasteiger partial charge >= 0.3 is 0 Å². The van der Waals surface area contributed by atoms with E-state index < -0.39 is 20.5 Å². The first-order chi connectivity index (χ1) is 8.88. The molecule has 0 atom stereocenters. The zero-order chi connectivity index (χ0) is 16.1. The third-order valence-electron chi connectivity index (χ3n) is 2.26.